The summed E-state index contributed by atoms with van der Waals surface area (Å²) in [6.07, 6.45) is 5.87. The minimum absolute atomic E-state index is 0.331. The van der Waals surface area contributed by atoms with E-state index in [0.717, 1.165) is 49.2 Å². The van der Waals surface area contributed by atoms with Crippen molar-refractivity contribution >= 4 is 5.97 Å². The summed E-state index contributed by atoms with van der Waals surface area (Å²) < 4.78 is 5.54. The number of aliphatic carboxylic acids is 1. The Balaban J connectivity index is 1.78. The number of benzene rings is 1. The van der Waals surface area contributed by atoms with Crippen molar-refractivity contribution in [2.45, 2.75) is 25.4 Å². The Labute approximate surface area is 160 Å². The van der Waals surface area contributed by atoms with E-state index in [1.165, 1.54) is 0 Å². The molecule has 1 aromatic carbocycles. The van der Waals surface area contributed by atoms with Gasteiger partial charge in [0.1, 0.15) is 5.75 Å². The number of carboxylic acid groups (broad SMARTS) is 1. The summed E-state index contributed by atoms with van der Waals surface area (Å²) in [6.45, 7) is 2.47. The normalized spacial score (nSPS) is 15.8. The molecule has 2 heterocycles. The number of pyridine rings is 1. The summed E-state index contributed by atoms with van der Waals surface area (Å²) in [5.74, 6) is -0.330. The van der Waals surface area contributed by atoms with Gasteiger partial charge in [-0.2, -0.15) is 0 Å². The van der Waals surface area contributed by atoms with Crippen LogP contribution in [0.15, 0.2) is 42.7 Å². The van der Waals surface area contributed by atoms with E-state index in [2.05, 4.69) is 34.9 Å². The predicted molar refractivity (Wildman–Crippen MR) is 105 cm³/mol. The zero-order chi connectivity index (χ0) is 19.2. The van der Waals surface area contributed by atoms with Crippen molar-refractivity contribution in [3.8, 4) is 16.9 Å². The lowest BCUT2D eigenvalue weighted by Gasteiger charge is -2.35. The Morgan fingerprint density at radius 3 is 2.67 bits per heavy atom. The second-order valence-corrected chi connectivity index (χ2v) is 7.22. The molecular formula is C21H27N3O3. The maximum atomic E-state index is 10.9. The van der Waals surface area contributed by atoms with Gasteiger partial charge < -0.3 is 14.7 Å². The maximum Gasteiger partial charge on any atom is 0.341 e. The molecule has 0 radical (unpaired) electrons. The summed E-state index contributed by atoms with van der Waals surface area (Å²) in [4.78, 5) is 19.8. The van der Waals surface area contributed by atoms with Gasteiger partial charge in [0.25, 0.3) is 0 Å². The molecule has 1 aliphatic rings. The molecule has 1 N–H and O–H groups in total. The number of rotatable bonds is 7. The minimum Gasteiger partial charge on any atom is -0.482 e. The molecule has 1 fully saturated rings. The Morgan fingerprint density at radius 2 is 2.04 bits per heavy atom. The summed E-state index contributed by atoms with van der Waals surface area (Å²) in [5, 5.41) is 8.95. The monoisotopic (exact) mass is 369 g/mol. The first-order chi connectivity index (χ1) is 13.0. The lowest BCUT2D eigenvalue weighted by atomic mass is 10.0. The molecule has 0 amide bonds. The molecule has 144 valence electrons. The van der Waals surface area contributed by atoms with Crippen molar-refractivity contribution in [1.82, 2.24) is 14.8 Å². The van der Waals surface area contributed by atoms with Crippen LogP contribution in [0.4, 0.5) is 0 Å². The van der Waals surface area contributed by atoms with Gasteiger partial charge in [0.15, 0.2) is 6.61 Å². The summed E-state index contributed by atoms with van der Waals surface area (Å²) in [7, 11) is 4.27. The Kier molecular flexibility index (Phi) is 6.42. The van der Waals surface area contributed by atoms with Crippen LogP contribution in [0.5, 0.6) is 5.75 Å². The summed E-state index contributed by atoms with van der Waals surface area (Å²) in [6, 6.07) is 10.5. The first-order valence-electron chi connectivity index (χ1n) is 9.29. The lowest BCUT2D eigenvalue weighted by molar-refractivity contribution is -0.139. The number of aromatic nitrogens is 1. The summed E-state index contributed by atoms with van der Waals surface area (Å²) >= 11 is 0. The maximum absolute atomic E-state index is 10.9. The Hall–Kier alpha value is -2.44. The fourth-order valence-electron chi connectivity index (χ4n) is 3.53. The smallest absolute Gasteiger partial charge is 0.341 e. The largest absolute Gasteiger partial charge is 0.482 e. The highest BCUT2D eigenvalue weighted by atomic mass is 16.5. The molecule has 0 aliphatic carbocycles. The topological polar surface area (TPSA) is 65.9 Å². The highest BCUT2D eigenvalue weighted by molar-refractivity contribution is 5.69. The van der Waals surface area contributed by atoms with Crippen LogP contribution in [0, 0.1) is 0 Å². The van der Waals surface area contributed by atoms with Crippen LogP contribution in [0.2, 0.25) is 0 Å². The van der Waals surface area contributed by atoms with E-state index in [-0.39, 0.29) is 6.61 Å². The average Bonchev–Trinajstić information content (AvgIpc) is 2.68. The van der Waals surface area contributed by atoms with Crippen LogP contribution in [-0.2, 0) is 11.3 Å². The molecule has 27 heavy (non-hydrogen) atoms. The van der Waals surface area contributed by atoms with E-state index in [1.807, 2.05) is 30.5 Å². The molecule has 0 atom stereocenters. The first kappa shape index (κ1) is 19.3. The van der Waals surface area contributed by atoms with Crippen LogP contribution >= 0.6 is 0 Å². The SMILES string of the molecule is CN(C)C1CCN(Cc2cc(-c3cccnc3)ccc2OCC(=O)O)CC1. The molecule has 6 heteroatoms. The van der Waals surface area contributed by atoms with E-state index in [9.17, 15) is 4.79 Å². The zero-order valence-electron chi connectivity index (χ0n) is 16.0. The molecule has 0 saturated carbocycles. The van der Waals surface area contributed by atoms with Gasteiger partial charge in [-0.25, -0.2) is 4.79 Å². The second-order valence-electron chi connectivity index (χ2n) is 7.22. The highest BCUT2D eigenvalue weighted by Gasteiger charge is 2.21. The Bertz CT molecular complexity index is 757. The average molecular weight is 369 g/mol. The van der Waals surface area contributed by atoms with E-state index in [1.54, 1.807) is 6.20 Å². The number of hydrogen-bond donors (Lipinski definition) is 1. The molecule has 1 aliphatic heterocycles. The number of nitrogens with zero attached hydrogens (tertiary/aromatic N) is 3. The van der Waals surface area contributed by atoms with Gasteiger partial charge in [-0.15, -0.1) is 0 Å². The summed E-state index contributed by atoms with van der Waals surface area (Å²) in [5.41, 5.74) is 3.11. The highest BCUT2D eigenvalue weighted by Crippen LogP contribution is 2.28. The molecule has 3 rings (SSSR count). The van der Waals surface area contributed by atoms with Crippen molar-refractivity contribution in [3.63, 3.8) is 0 Å². The molecule has 0 bridgehead atoms. The van der Waals surface area contributed by atoms with Gasteiger partial charge >= 0.3 is 5.97 Å². The third-order valence-electron chi connectivity index (χ3n) is 5.09. The lowest BCUT2D eigenvalue weighted by Crippen LogP contribution is -2.41. The van der Waals surface area contributed by atoms with Crippen molar-refractivity contribution in [2.75, 3.05) is 33.8 Å². The van der Waals surface area contributed by atoms with Gasteiger partial charge in [-0.05, 0) is 63.8 Å². The van der Waals surface area contributed by atoms with Crippen LogP contribution in [0.3, 0.4) is 0 Å². The Morgan fingerprint density at radius 1 is 1.26 bits per heavy atom. The number of hydrogen-bond acceptors (Lipinski definition) is 5. The van der Waals surface area contributed by atoms with Gasteiger partial charge in [-0.3, -0.25) is 9.88 Å². The van der Waals surface area contributed by atoms with E-state index < -0.39 is 5.97 Å². The number of carboxylic acids is 1. The van der Waals surface area contributed by atoms with Gasteiger partial charge in [0, 0.05) is 36.1 Å². The first-order valence-corrected chi connectivity index (χ1v) is 9.29. The second kappa shape index (κ2) is 8.97. The zero-order valence-corrected chi connectivity index (χ0v) is 16.0. The third kappa shape index (κ3) is 5.28. The van der Waals surface area contributed by atoms with Crippen LogP contribution < -0.4 is 4.74 Å². The van der Waals surface area contributed by atoms with Crippen molar-refractivity contribution < 1.29 is 14.6 Å². The van der Waals surface area contributed by atoms with Crippen molar-refractivity contribution in [2.24, 2.45) is 0 Å². The quantitative estimate of drug-likeness (QED) is 0.810. The third-order valence-corrected chi connectivity index (χ3v) is 5.09. The molecule has 1 saturated heterocycles. The van der Waals surface area contributed by atoms with Gasteiger partial charge in [-0.1, -0.05) is 12.1 Å². The fraction of sp³-hybridized carbons (Fsp3) is 0.429. The molecule has 1 aromatic heterocycles. The number of ether oxygens (including phenoxy) is 1. The fourth-order valence-corrected chi connectivity index (χ4v) is 3.53. The van der Waals surface area contributed by atoms with Crippen molar-refractivity contribution in [1.29, 1.82) is 0 Å². The number of piperidine rings is 1. The minimum atomic E-state index is -0.968. The molecular weight excluding hydrogens is 342 g/mol. The standard InChI is InChI=1S/C21H27N3O3/c1-23(2)19-7-10-24(11-8-19)14-18-12-16(17-4-3-9-22-13-17)5-6-20(18)27-15-21(25)26/h3-6,9,12-13,19H,7-8,10-11,14-15H2,1-2H3,(H,25,26). The number of carbonyl (C=O) groups is 1. The van der Waals surface area contributed by atoms with Crippen LogP contribution in [0.1, 0.15) is 18.4 Å². The van der Waals surface area contributed by atoms with Crippen molar-refractivity contribution in [3.05, 3.63) is 48.3 Å². The van der Waals surface area contributed by atoms with Gasteiger partial charge in [0.2, 0.25) is 0 Å². The number of likely N-dealkylation sites (tertiary alicyclic amines) is 1. The molecule has 6 nitrogen and oxygen atoms in total. The molecule has 0 spiro atoms. The van der Waals surface area contributed by atoms with E-state index in [4.69, 9.17) is 9.84 Å². The molecule has 2 aromatic rings. The van der Waals surface area contributed by atoms with Gasteiger partial charge in [0.05, 0.1) is 0 Å². The molecule has 0 unspecified atom stereocenters. The van der Waals surface area contributed by atoms with E-state index in [0.29, 0.717) is 11.8 Å². The van der Waals surface area contributed by atoms with Crippen LogP contribution in [-0.4, -0.2) is 65.7 Å². The van der Waals surface area contributed by atoms with Crippen LogP contribution in [0.25, 0.3) is 11.1 Å². The predicted octanol–water partition coefficient (Wildman–Crippen LogP) is 2.74. The van der Waals surface area contributed by atoms with E-state index >= 15 is 0 Å².